The third kappa shape index (κ3) is 7.63. The standard InChI is InChI=1S/C30H27ClFN3O3/c31-26-11-4-5-12-28(26)38-21-29(36)35(20-23-13-15-24(32)16-14-23)27(18-22-8-2-1-3-9-22)30(37)34-19-25-10-6-7-17-33-25/h1-17,27H,18-21H2,(H,34,37)/t27-/m1/s1. The van der Waals surface area contributed by atoms with E-state index >= 15 is 0 Å². The van der Waals surface area contributed by atoms with E-state index in [2.05, 4.69) is 10.3 Å². The van der Waals surface area contributed by atoms with Crippen molar-refractivity contribution in [2.45, 2.75) is 25.6 Å². The highest BCUT2D eigenvalue weighted by atomic mass is 35.5. The molecule has 38 heavy (non-hydrogen) atoms. The zero-order valence-corrected chi connectivity index (χ0v) is 21.4. The van der Waals surface area contributed by atoms with E-state index in [1.165, 1.54) is 17.0 Å². The van der Waals surface area contributed by atoms with Crippen LogP contribution >= 0.6 is 11.6 Å². The van der Waals surface area contributed by atoms with E-state index in [4.69, 9.17) is 16.3 Å². The molecule has 1 N–H and O–H groups in total. The van der Waals surface area contributed by atoms with Crippen LogP contribution in [0.1, 0.15) is 16.8 Å². The summed E-state index contributed by atoms with van der Waals surface area (Å²) >= 11 is 6.20. The van der Waals surface area contributed by atoms with Crippen LogP contribution in [0.25, 0.3) is 0 Å². The molecule has 2 amide bonds. The van der Waals surface area contributed by atoms with Crippen LogP contribution in [0.3, 0.4) is 0 Å². The van der Waals surface area contributed by atoms with Crippen molar-refractivity contribution in [2.75, 3.05) is 6.61 Å². The van der Waals surface area contributed by atoms with Crippen molar-refractivity contribution in [3.63, 3.8) is 0 Å². The molecule has 0 spiro atoms. The van der Waals surface area contributed by atoms with Crippen molar-refractivity contribution in [3.05, 3.63) is 131 Å². The lowest BCUT2D eigenvalue weighted by Crippen LogP contribution is -2.51. The van der Waals surface area contributed by atoms with Gasteiger partial charge < -0.3 is 15.0 Å². The van der Waals surface area contributed by atoms with Crippen molar-refractivity contribution in [2.24, 2.45) is 0 Å². The van der Waals surface area contributed by atoms with Crippen LogP contribution in [0.5, 0.6) is 5.75 Å². The van der Waals surface area contributed by atoms with Gasteiger partial charge in [0.1, 0.15) is 17.6 Å². The fourth-order valence-electron chi connectivity index (χ4n) is 3.92. The number of nitrogens with one attached hydrogen (secondary N) is 1. The maximum Gasteiger partial charge on any atom is 0.261 e. The molecule has 8 heteroatoms. The fourth-order valence-corrected chi connectivity index (χ4v) is 4.11. The molecule has 194 valence electrons. The maximum absolute atomic E-state index is 13.6. The van der Waals surface area contributed by atoms with E-state index < -0.39 is 11.9 Å². The number of aromatic nitrogens is 1. The van der Waals surface area contributed by atoms with Crippen LogP contribution in [0.4, 0.5) is 4.39 Å². The minimum absolute atomic E-state index is 0.0828. The molecule has 1 aromatic heterocycles. The summed E-state index contributed by atoms with van der Waals surface area (Å²) in [5, 5.41) is 3.29. The van der Waals surface area contributed by atoms with Crippen LogP contribution in [0, 0.1) is 5.82 Å². The number of hydrogen-bond acceptors (Lipinski definition) is 4. The van der Waals surface area contributed by atoms with Gasteiger partial charge in [-0.3, -0.25) is 14.6 Å². The number of carbonyl (C=O) groups is 2. The summed E-state index contributed by atoms with van der Waals surface area (Å²) in [6.45, 7) is -0.0388. The first kappa shape index (κ1) is 26.8. The second-order valence-electron chi connectivity index (χ2n) is 8.61. The largest absolute Gasteiger partial charge is 0.482 e. The summed E-state index contributed by atoms with van der Waals surface area (Å²) in [7, 11) is 0. The Hall–Kier alpha value is -4.23. The molecule has 6 nitrogen and oxygen atoms in total. The van der Waals surface area contributed by atoms with E-state index in [1.54, 1.807) is 48.7 Å². The van der Waals surface area contributed by atoms with Gasteiger partial charge in [-0.25, -0.2) is 4.39 Å². The minimum Gasteiger partial charge on any atom is -0.482 e. The van der Waals surface area contributed by atoms with Gasteiger partial charge >= 0.3 is 0 Å². The lowest BCUT2D eigenvalue weighted by molar-refractivity contribution is -0.142. The third-order valence-corrected chi connectivity index (χ3v) is 6.21. The normalized spacial score (nSPS) is 11.4. The molecule has 4 aromatic rings. The molecule has 0 aliphatic heterocycles. The average molecular weight is 532 g/mol. The number of pyridine rings is 1. The molecule has 0 saturated carbocycles. The number of hydrogen-bond donors (Lipinski definition) is 1. The number of benzene rings is 3. The SMILES string of the molecule is O=C(NCc1ccccn1)[C@@H](Cc1ccccc1)N(Cc1ccc(F)cc1)C(=O)COc1ccccc1Cl. The molecule has 1 heterocycles. The van der Waals surface area contributed by atoms with Gasteiger partial charge in [-0.15, -0.1) is 0 Å². The summed E-state index contributed by atoms with van der Waals surface area (Å²) in [6.07, 6.45) is 1.92. The Balaban J connectivity index is 1.61. The lowest BCUT2D eigenvalue weighted by Gasteiger charge is -2.31. The first-order chi connectivity index (χ1) is 18.5. The highest BCUT2D eigenvalue weighted by Gasteiger charge is 2.31. The molecule has 1 atom stereocenters. The molecule has 0 aliphatic carbocycles. The molecule has 0 bridgehead atoms. The summed E-state index contributed by atoms with van der Waals surface area (Å²) in [4.78, 5) is 32.9. The monoisotopic (exact) mass is 531 g/mol. The fraction of sp³-hybridized carbons (Fsp3) is 0.167. The average Bonchev–Trinajstić information content (AvgIpc) is 2.95. The summed E-state index contributed by atoms with van der Waals surface area (Å²) in [5.74, 6) is -0.776. The van der Waals surface area contributed by atoms with Crippen LogP contribution < -0.4 is 10.1 Å². The topological polar surface area (TPSA) is 71.5 Å². The molecule has 0 radical (unpaired) electrons. The van der Waals surface area contributed by atoms with E-state index in [-0.39, 0.29) is 37.8 Å². The van der Waals surface area contributed by atoms with E-state index in [1.807, 2.05) is 42.5 Å². The van der Waals surface area contributed by atoms with E-state index in [0.29, 0.717) is 22.0 Å². The van der Waals surface area contributed by atoms with Gasteiger partial charge in [0.15, 0.2) is 6.61 Å². The zero-order valence-electron chi connectivity index (χ0n) is 20.6. The van der Waals surface area contributed by atoms with Crippen LogP contribution in [0.15, 0.2) is 103 Å². The summed E-state index contributed by atoms with van der Waals surface area (Å²) < 4.78 is 19.3. The van der Waals surface area contributed by atoms with Crippen molar-refractivity contribution in [1.82, 2.24) is 15.2 Å². The highest BCUT2D eigenvalue weighted by molar-refractivity contribution is 6.32. The van der Waals surface area contributed by atoms with Crippen molar-refractivity contribution < 1.29 is 18.7 Å². The number of ether oxygens (including phenoxy) is 1. The van der Waals surface area contributed by atoms with Gasteiger partial charge in [0.05, 0.1) is 17.3 Å². The number of rotatable bonds is 11. The Morgan fingerprint density at radius 1 is 0.895 bits per heavy atom. The smallest absolute Gasteiger partial charge is 0.261 e. The van der Waals surface area contributed by atoms with Gasteiger partial charge in [-0.2, -0.15) is 0 Å². The number of nitrogens with zero attached hydrogens (tertiary/aromatic N) is 2. The van der Waals surface area contributed by atoms with Crippen LogP contribution in [-0.4, -0.2) is 34.3 Å². The first-order valence-corrected chi connectivity index (χ1v) is 12.5. The predicted molar refractivity (Wildman–Crippen MR) is 144 cm³/mol. The van der Waals surface area contributed by atoms with Gasteiger partial charge in [0, 0.05) is 19.2 Å². The molecule has 0 unspecified atom stereocenters. The number of para-hydroxylation sites is 1. The quantitative estimate of drug-likeness (QED) is 0.288. The number of carbonyl (C=O) groups excluding carboxylic acids is 2. The van der Waals surface area contributed by atoms with E-state index in [0.717, 1.165) is 5.56 Å². The lowest BCUT2D eigenvalue weighted by atomic mass is 10.0. The molecule has 0 aliphatic rings. The minimum atomic E-state index is -0.867. The predicted octanol–water partition coefficient (Wildman–Crippen LogP) is 5.21. The Labute approximate surface area is 226 Å². The number of amides is 2. The summed E-state index contributed by atoms with van der Waals surface area (Å²) in [6, 6.07) is 26.7. The van der Waals surface area contributed by atoms with E-state index in [9.17, 15) is 14.0 Å². The second-order valence-corrected chi connectivity index (χ2v) is 9.02. The van der Waals surface area contributed by atoms with Gasteiger partial charge in [0.2, 0.25) is 5.91 Å². The zero-order chi connectivity index (χ0) is 26.7. The Bertz CT molecular complexity index is 1340. The Morgan fingerprint density at radius 2 is 1.61 bits per heavy atom. The molecule has 4 rings (SSSR count). The third-order valence-electron chi connectivity index (χ3n) is 5.89. The molecular formula is C30H27ClFN3O3. The van der Waals surface area contributed by atoms with Gasteiger partial charge in [-0.1, -0.05) is 72.3 Å². The molecule has 0 saturated heterocycles. The van der Waals surface area contributed by atoms with Crippen molar-refractivity contribution in [1.29, 1.82) is 0 Å². The first-order valence-electron chi connectivity index (χ1n) is 12.1. The highest BCUT2D eigenvalue weighted by Crippen LogP contribution is 2.23. The molecular weight excluding hydrogens is 505 g/mol. The molecule has 0 fully saturated rings. The number of halogens is 2. The second kappa shape index (κ2) is 13.4. The Morgan fingerprint density at radius 3 is 2.32 bits per heavy atom. The van der Waals surface area contributed by atoms with Crippen molar-refractivity contribution in [3.8, 4) is 5.75 Å². The van der Waals surface area contributed by atoms with Gasteiger partial charge in [0.25, 0.3) is 5.91 Å². The maximum atomic E-state index is 13.6. The van der Waals surface area contributed by atoms with Crippen molar-refractivity contribution >= 4 is 23.4 Å². The van der Waals surface area contributed by atoms with Crippen LogP contribution in [-0.2, 0) is 29.1 Å². The molecule has 3 aromatic carbocycles. The van der Waals surface area contributed by atoms with Gasteiger partial charge in [-0.05, 0) is 47.5 Å². The summed E-state index contributed by atoms with van der Waals surface area (Å²) in [5.41, 5.74) is 2.25. The Kier molecular flexibility index (Phi) is 9.43. The van der Waals surface area contributed by atoms with Crippen LogP contribution in [0.2, 0.25) is 5.02 Å².